The van der Waals surface area contributed by atoms with E-state index in [4.69, 9.17) is 10.5 Å². The quantitative estimate of drug-likeness (QED) is 0.693. The molecular weight excluding hydrogens is 184 g/mol. The van der Waals surface area contributed by atoms with Gasteiger partial charge in [0.2, 0.25) is 0 Å². The summed E-state index contributed by atoms with van der Waals surface area (Å²) in [4.78, 5) is 11.0. The Kier molecular flexibility index (Phi) is 2.12. The zero-order chi connectivity index (χ0) is 10.1. The molecule has 0 saturated heterocycles. The number of anilines is 1. The summed E-state index contributed by atoms with van der Waals surface area (Å²) >= 11 is 0. The molecule has 1 aliphatic rings. The topological polar surface area (TPSA) is 82.2 Å². The molecule has 0 spiro atoms. The summed E-state index contributed by atoms with van der Waals surface area (Å²) in [6, 6.07) is -0.571. The second-order valence-corrected chi connectivity index (χ2v) is 3.13. The summed E-state index contributed by atoms with van der Waals surface area (Å²) in [7, 11) is 1.60. The minimum atomic E-state index is -0.571. The highest BCUT2D eigenvalue weighted by Gasteiger charge is 2.23. The lowest BCUT2D eigenvalue weighted by molar-refractivity contribution is 0.180. The molecule has 1 amide bonds. The molecule has 0 unspecified atom stereocenters. The first kappa shape index (κ1) is 9.01. The van der Waals surface area contributed by atoms with Crippen LogP contribution in [-0.2, 0) is 17.8 Å². The smallest absolute Gasteiger partial charge is 0.341 e. The number of hydrogen-bond acceptors (Lipinski definition) is 4. The lowest BCUT2D eigenvalue weighted by atomic mass is 10.2. The number of methoxy groups -OCH3 is 1. The Morgan fingerprint density at radius 3 is 3.21 bits per heavy atom. The van der Waals surface area contributed by atoms with Gasteiger partial charge >= 0.3 is 6.03 Å². The van der Waals surface area contributed by atoms with Crippen molar-refractivity contribution in [3.8, 4) is 0 Å². The lowest BCUT2D eigenvalue weighted by Crippen LogP contribution is -2.22. The van der Waals surface area contributed by atoms with Crippen LogP contribution >= 0.6 is 0 Å². The number of aromatic nitrogens is 2. The molecule has 0 fully saturated rings. The van der Waals surface area contributed by atoms with Crippen molar-refractivity contribution < 1.29 is 9.53 Å². The van der Waals surface area contributed by atoms with Gasteiger partial charge in [0.05, 0.1) is 12.3 Å². The number of nitrogens with two attached hydrogens (primary N) is 1. The van der Waals surface area contributed by atoms with Crippen molar-refractivity contribution in [3.63, 3.8) is 0 Å². The van der Waals surface area contributed by atoms with E-state index in [1.807, 2.05) is 0 Å². The number of nitrogens with one attached hydrogen (secondary N) is 1. The number of amides is 1. The van der Waals surface area contributed by atoms with Gasteiger partial charge in [0, 0.05) is 19.2 Å². The maximum atomic E-state index is 11.0. The van der Waals surface area contributed by atoms with E-state index in [1.165, 1.54) is 4.68 Å². The predicted octanol–water partition coefficient (Wildman–Crippen LogP) is -0.0757. The molecule has 0 aromatic carbocycles. The van der Waals surface area contributed by atoms with Crippen molar-refractivity contribution >= 4 is 11.8 Å². The number of rotatable bonds is 2. The molecule has 0 aliphatic carbocycles. The van der Waals surface area contributed by atoms with Gasteiger partial charge in [-0.3, -0.25) is 0 Å². The van der Waals surface area contributed by atoms with E-state index < -0.39 is 6.03 Å². The molecule has 0 radical (unpaired) electrons. The van der Waals surface area contributed by atoms with Crippen LogP contribution in [-0.4, -0.2) is 29.5 Å². The van der Waals surface area contributed by atoms with Crippen LogP contribution in [0.1, 0.15) is 11.3 Å². The van der Waals surface area contributed by atoms with Crippen LogP contribution in [0.2, 0.25) is 0 Å². The summed E-state index contributed by atoms with van der Waals surface area (Å²) in [6.45, 7) is 1.22. The number of primary amides is 1. The Morgan fingerprint density at radius 2 is 2.57 bits per heavy atom. The molecule has 2 heterocycles. The number of fused-ring (bicyclic) bond motifs is 1. The van der Waals surface area contributed by atoms with E-state index in [1.54, 1.807) is 7.11 Å². The first-order valence-electron chi connectivity index (χ1n) is 4.37. The van der Waals surface area contributed by atoms with Gasteiger partial charge in [0.15, 0.2) is 0 Å². The zero-order valence-electron chi connectivity index (χ0n) is 7.91. The van der Waals surface area contributed by atoms with Crippen LogP contribution < -0.4 is 11.1 Å². The fourth-order valence-electron chi connectivity index (χ4n) is 1.66. The van der Waals surface area contributed by atoms with Gasteiger partial charge in [-0.05, 0) is 6.42 Å². The molecule has 1 aromatic heterocycles. The lowest BCUT2D eigenvalue weighted by Gasteiger charge is -1.99. The Balaban J connectivity index is 2.44. The Hall–Kier alpha value is -1.56. The van der Waals surface area contributed by atoms with Gasteiger partial charge in [-0.15, -0.1) is 0 Å². The first-order chi connectivity index (χ1) is 6.74. The van der Waals surface area contributed by atoms with Crippen molar-refractivity contribution in [1.29, 1.82) is 0 Å². The molecule has 1 aliphatic heterocycles. The molecule has 14 heavy (non-hydrogen) atoms. The fourth-order valence-corrected chi connectivity index (χ4v) is 1.66. The molecule has 0 saturated carbocycles. The van der Waals surface area contributed by atoms with Crippen molar-refractivity contribution in [1.82, 2.24) is 9.78 Å². The zero-order valence-corrected chi connectivity index (χ0v) is 7.91. The fraction of sp³-hybridized carbons (Fsp3) is 0.500. The van der Waals surface area contributed by atoms with Gasteiger partial charge in [-0.25, -0.2) is 4.79 Å². The molecule has 6 nitrogen and oxygen atoms in total. The molecule has 0 atom stereocenters. The maximum absolute atomic E-state index is 11.0. The average Bonchev–Trinajstić information content (AvgIpc) is 2.67. The normalized spacial score (nSPS) is 13.8. The highest BCUT2D eigenvalue weighted by atomic mass is 16.5. The first-order valence-corrected chi connectivity index (χ1v) is 4.37. The van der Waals surface area contributed by atoms with Crippen molar-refractivity contribution in [2.24, 2.45) is 5.73 Å². The minimum absolute atomic E-state index is 0.407. The SMILES string of the molecule is COCc1nn(C(N)=O)c2c1CCN2. The van der Waals surface area contributed by atoms with E-state index in [2.05, 4.69) is 10.4 Å². The Bertz CT molecular complexity index is 372. The van der Waals surface area contributed by atoms with E-state index >= 15 is 0 Å². The third-order valence-corrected chi connectivity index (χ3v) is 2.22. The van der Waals surface area contributed by atoms with Crippen molar-refractivity contribution in [3.05, 3.63) is 11.3 Å². The number of nitrogens with zero attached hydrogens (tertiary/aromatic N) is 2. The molecule has 6 heteroatoms. The van der Waals surface area contributed by atoms with Gasteiger partial charge in [-0.2, -0.15) is 9.78 Å². The van der Waals surface area contributed by atoms with Crippen LogP contribution in [0.4, 0.5) is 10.6 Å². The minimum Gasteiger partial charge on any atom is -0.378 e. The molecule has 0 bridgehead atoms. The van der Waals surface area contributed by atoms with Crippen LogP contribution in [0, 0.1) is 0 Å². The van der Waals surface area contributed by atoms with Crippen LogP contribution in [0.15, 0.2) is 0 Å². The van der Waals surface area contributed by atoms with E-state index in [-0.39, 0.29) is 0 Å². The summed E-state index contributed by atoms with van der Waals surface area (Å²) in [5.74, 6) is 0.713. The van der Waals surface area contributed by atoms with E-state index in [0.29, 0.717) is 12.4 Å². The van der Waals surface area contributed by atoms with E-state index in [9.17, 15) is 4.79 Å². The van der Waals surface area contributed by atoms with Crippen molar-refractivity contribution in [2.45, 2.75) is 13.0 Å². The van der Waals surface area contributed by atoms with Crippen LogP contribution in [0.25, 0.3) is 0 Å². The van der Waals surface area contributed by atoms with Gasteiger partial charge < -0.3 is 15.8 Å². The van der Waals surface area contributed by atoms with Gasteiger partial charge in [0.25, 0.3) is 0 Å². The predicted molar refractivity (Wildman–Crippen MR) is 50.1 cm³/mol. The molecular formula is C8H12N4O2. The molecule has 2 rings (SSSR count). The largest absolute Gasteiger partial charge is 0.378 e. The summed E-state index contributed by atoms with van der Waals surface area (Å²) in [6.07, 6.45) is 0.862. The maximum Gasteiger partial charge on any atom is 0.341 e. The summed E-state index contributed by atoms with van der Waals surface area (Å²) in [5.41, 5.74) is 6.99. The number of carbonyl (C=O) groups is 1. The third kappa shape index (κ3) is 1.24. The third-order valence-electron chi connectivity index (χ3n) is 2.22. The Morgan fingerprint density at radius 1 is 1.79 bits per heavy atom. The second-order valence-electron chi connectivity index (χ2n) is 3.13. The molecule has 1 aromatic rings. The average molecular weight is 196 g/mol. The van der Waals surface area contributed by atoms with Crippen LogP contribution in [0.3, 0.4) is 0 Å². The Labute approximate surface area is 81.0 Å². The van der Waals surface area contributed by atoms with Crippen LogP contribution in [0.5, 0.6) is 0 Å². The van der Waals surface area contributed by atoms with E-state index in [0.717, 1.165) is 24.2 Å². The monoisotopic (exact) mass is 196 g/mol. The molecule has 3 N–H and O–H groups in total. The standard InChI is InChI=1S/C8H12N4O2/c1-14-4-6-5-2-3-10-7(5)12(11-6)8(9)13/h10H,2-4H2,1H3,(H2,9,13). The highest BCUT2D eigenvalue weighted by molar-refractivity contribution is 5.79. The summed E-state index contributed by atoms with van der Waals surface area (Å²) < 4.78 is 6.18. The second kappa shape index (κ2) is 3.30. The summed E-state index contributed by atoms with van der Waals surface area (Å²) in [5, 5.41) is 7.15. The van der Waals surface area contributed by atoms with Gasteiger partial charge in [-0.1, -0.05) is 0 Å². The highest BCUT2D eigenvalue weighted by Crippen LogP contribution is 2.25. The number of ether oxygens (including phenoxy) is 1. The molecule has 76 valence electrons. The number of hydrogen-bond donors (Lipinski definition) is 2. The number of carbonyl (C=O) groups excluding carboxylic acids is 1. The van der Waals surface area contributed by atoms with Crippen molar-refractivity contribution in [2.75, 3.05) is 19.0 Å². The van der Waals surface area contributed by atoms with Gasteiger partial charge in [0.1, 0.15) is 5.82 Å².